The molecular weight excluding hydrogens is 541 g/mol. The van der Waals surface area contributed by atoms with E-state index in [0.29, 0.717) is 35.5 Å². The van der Waals surface area contributed by atoms with Crippen LogP contribution in [0, 0.1) is 6.92 Å². The Kier molecular flexibility index (Phi) is 7.26. The largest absolute Gasteiger partial charge is 0.479 e. The van der Waals surface area contributed by atoms with Crippen LogP contribution in [0.3, 0.4) is 0 Å². The molecule has 4 aromatic rings. The van der Waals surface area contributed by atoms with Gasteiger partial charge in [-0.2, -0.15) is 5.10 Å². The molecule has 0 bridgehead atoms. The molecule has 6 rings (SSSR count). The number of aryl methyl sites for hydroxylation is 3. The third kappa shape index (κ3) is 5.31. The lowest BCUT2D eigenvalue weighted by atomic mass is 9.97. The van der Waals surface area contributed by atoms with Crippen LogP contribution in [-0.2, 0) is 25.9 Å². The molecule has 0 radical (unpaired) electrons. The third-order valence-corrected chi connectivity index (χ3v) is 8.28. The minimum atomic E-state index is -2.70. The predicted molar refractivity (Wildman–Crippen MR) is 147 cm³/mol. The van der Waals surface area contributed by atoms with Crippen molar-refractivity contribution >= 4 is 22.3 Å². The van der Waals surface area contributed by atoms with Crippen LogP contribution in [0.25, 0.3) is 17.1 Å². The summed E-state index contributed by atoms with van der Waals surface area (Å²) in [6, 6.07) is 3.73. The summed E-state index contributed by atoms with van der Waals surface area (Å²) in [6.45, 7) is 1.85. The Balaban J connectivity index is 1.38. The quantitative estimate of drug-likeness (QED) is 0.290. The maximum Gasteiger partial charge on any atom is 0.261 e. The van der Waals surface area contributed by atoms with Crippen LogP contribution >= 0.6 is 11.3 Å². The summed E-state index contributed by atoms with van der Waals surface area (Å²) >= 11 is 1.39. The fourth-order valence-corrected chi connectivity index (χ4v) is 6.42. The van der Waals surface area contributed by atoms with Crippen molar-refractivity contribution in [1.82, 2.24) is 34.2 Å². The highest BCUT2D eigenvalue weighted by molar-refractivity contribution is 7.16. The van der Waals surface area contributed by atoms with E-state index in [4.69, 9.17) is 14.7 Å². The van der Waals surface area contributed by atoms with Crippen molar-refractivity contribution in [1.29, 1.82) is 0 Å². The van der Waals surface area contributed by atoms with Gasteiger partial charge in [0.1, 0.15) is 23.9 Å². The van der Waals surface area contributed by atoms with E-state index in [2.05, 4.69) is 15.4 Å². The van der Waals surface area contributed by atoms with E-state index in [0.717, 1.165) is 59.0 Å². The molecule has 2 aliphatic rings. The fourth-order valence-electron chi connectivity index (χ4n) is 5.41. The number of imidazole rings is 1. The molecule has 0 spiro atoms. The van der Waals surface area contributed by atoms with Gasteiger partial charge in [0, 0.05) is 31.3 Å². The number of anilines is 2. The maximum absolute atomic E-state index is 14.0. The maximum atomic E-state index is 14.0. The van der Waals surface area contributed by atoms with Gasteiger partial charge in [-0.05, 0) is 44.7 Å². The highest BCUT2D eigenvalue weighted by Gasteiger charge is 2.38. The van der Waals surface area contributed by atoms with Crippen LogP contribution in [0.15, 0.2) is 24.7 Å². The summed E-state index contributed by atoms with van der Waals surface area (Å²) in [7, 11) is 1.55. The Bertz CT molecular complexity index is 1510. The van der Waals surface area contributed by atoms with Crippen molar-refractivity contribution in [2.24, 2.45) is 0 Å². The first-order valence-electron chi connectivity index (χ1n) is 13.4. The van der Waals surface area contributed by atoms with Crippen molar-refractivity contribution in [2.75, 3.05) is 32.2 Å². The van der Waals surface area contributed by atoms with Gasteiger partial charge in [0.2, 0.25) is 5.88 Å². The molecule has 0 atom stereocenters. The van der Waals surface area contributed by atoms with Crippen molar-refractivity contribution < 1.29 is 17.9 Å². The number of nitrogens with zero attached hydrogens (tertiary/aromatic N) is 7. The summed E-state index contributed by atoms with van der Waals surface area (Å²) in [6.07, 6.45) is 7.26. The summed E-state index contributed by atoms with van der Waals surface area (Å²) in [5.41, 5.74) is 4.84. The zero-order valence-electron chi connectivity index (χ0n) is 22.5. The van der Waals surface area contributed by atoms with E-state index in [1.165, 1.54) is 11.3 Å². The van der Waals surface area contributed by atoms with Crippen LogP contribution in [0.4, 0.5) is 24.1 Å². The molecule has 212 valence electrons. The van der Waals surface area contributed by atoms with Gasteiger partial charge in [-0.25, -0.2) is 32.8 Å². The lowest BCUT2D eigenvalue weighted by Gasteiger charge is -2.15. The molecule has 40 heavy (non-hydrogen) atoms. The summed E-state index contributed by atoms with van der Waals surface area (Å²) < 4.78 is 50.5. The Morgan fingerprint density at radius 2 is 2.02 bits per heavy atom. The number of methoxy groups -OCH3 is 1. The minimum Gasteiger partial charge on any atom is -0.479 e. The summed E-state index contributed by atoms with van der Waals surface area (Å²) in [5, 5.41) is 8.64. The number of rotatable bonds is 9. The van der Waals surface area contributed by atoms with Gasteiger partial charge in [-0.1, -0.05) is 11.3 Å². The van der Waals surface area contributed by atoms with Gasteiger partial charge in [0.25, 0.3) is 5.92 Å². The molecule has 1 saturated heterocycles. The molecule has 1 aliphatic carbocycles. The topological polar surface area (TPSA) is 85.9 Å². The van der Waals surface area contributed by atoms with Gasteiger partial charge in [-0.15, -0.1) is 0 Å². The van der Waals surface area contributed by atoms with Gasteiger partial charge >= 0.3 is 0 Å². The molecule has 0 unspecified atom stereocenters. The zero-order valence-corrected chi connectivity index (χ0v) is 23.3. The second kappa shape index (κ2) is 10.8. The molecule has 0 saturated carbocycles. The monoisotopic (exact) mass is 572 g/mol. The van der Waals surface area contributed by atoms with E-state index in [1.54, 1.807) is 23.0 Å². The number of ether oxygens (including phenoxy) is 1. The summed E-state index contributed by atoms with van der Waals surface area (Å²) in [5.74, 6) is -1.55. The van der Waals surface area contributed by atoms with Crippen molar-refractivity contribution in [3.63, 3.8) is 0 Å². The first-order valence-corrected chi connectivity index (χ1v) is 14.2. The van der Waals surface area contributed by atoms with Crippen molar-refractivity contribution in [2.45, 2.75) is 58.0 Å². The van der Waals surface area contributed by atoms with Gasteiger partial charge in [0.05, 0.1) is 48.5 Å². The second-order valence-electron chi connectivity index (χ2n) is 10.3. The normalized spacial score (nSPS) is 16.8. The number of thiazole rings is 1. The average Bonchev–Trinajstić information content (AvgIpc) is 3.71. The SMILES string of the molecule is COc1nc(-c2nc(Nc3c4c(nn3CCF)CCCC4)sc2CN2CCC(F)(F)C2)ccc1-n1cnc(C)c1. The van der Waals surface area contributed by atoms with Gasteiger partial charge in [0.15, 0.2) is 5.13 Å². The number of likely N-dealkylation sites (tertiary alicyclic amines) is 1. The lowest BCUT2D eigenvalue weighted by molar-refractivity contribution is 0.0116. The molecule has 0 aromatic carbocycles. The van der Waals surface area contributed by atoms with Crippen molar-refractivity contribution in [3.8, 4) is 23.0 Å². The van der Waals surface area contributed by atoms with Crippen LogP contribution < -0.4 is 10.1 Å². The molecule has 13 heteroatoms. The van der Waals surface area contributed by atoms with E-state index < -0.39 is 12.6 Å². The number of pyridine rings is 1. The standard InChI is InChI=1S/C27H31F3N8OS/c1-17-13-37(16-31-17)21-8-7-20(32-25(21)39-2)23-22(14-36-11-9-27(29,30)15-36)40-26(33-23)34-24-18-5-3-4-6-19(18)35-38(24)12-10-28/h7-8,13,16H,3-6,9-12,14-15H2,1-2H3,(H,33,34). The third-order valence-electron chi connectivity index (χ3n) is 7.33. The van der Waals surface area contributed by atoms with Crippen molar-refractivity contribution in [3.05, 3.63) is 46.5 Å². The van der Waals surface area contributed by atoms with Crippen LogP contribution in [0.2, 0.25) is 0 Å². The van der Waals surface area contributed by atoms with Gasteiger partial charge < -0.3 is 14.6 Å². The number of halogens is 3. The lowest BCUT2D eigenvalue weighted by Crippen LogP contribution is -2.24. The number of alkyl halides is 3. The summed E-state index contributed by atoms with van der Waals surface area (Å²) in [4.78, 5) is 16.5. The predicted octanol–water partition coefficient (Wildman–Crippen LogP) is 5.34. The van der Waals surface area contributed by atoms with Crippen LogP contribution in [-0.4, -0.2) is 67.0 Å². The van der Waals surface area contributed by atoms with Crippen LogP contribution in [0.5, 0.6) is 5.88 Å². The molecule has 1 fully saturated rings. The molecule has 1 aliphatic heterocycles. The Hall–Kier alpha value is -3.45. The highest BCUT2D eigenvalue weighted by Crippen LogP contribution is 2.38. The minimum absolute atomic E-state index is 0.150. The first kappa shape index (κ1) is 26.8. The molecule has 1 N–H and O–H groups in total. The molecule has 4 aromatic heterocycles. The number of aromatic nitrogens is 6. The number of hydrogen-bond donors (Lipinski definition) is 1. The smallest absolute Gasteiger partial charge is 0.261 e. The molecule has 0 amide bonds. The van der Waals surface area contributed by atoms with Crippen LogP contribution in [0.1, 0.15) is 41.1 Å². The Morgan fingerprint density at radius 1 is 1.18 bits per heavy atom. The van der Waals surface area contributed by atoms with E-state index in [1.807, 2.05) is 29.8 Å². The van der Waals surface area contributed by atoms with Gasteiger partial charge in [-0.3, -0.25) is 4.90 Å². The number of hydrogen-bond acceptors (Lipinski definition) is 8. The average molecular weight is 573 g/mol. The molecule has 9 nitrogen and oxygen atoms in total. The molecular formula is C27H31F3N8OS. The number of fused-ring (bicyclic) bond motifs is 1. The Morgan fingerprint density at radius 3 is 2.75 bits per heavy atom. The Labute approximate surface area is 234 Å². The number of nitrogens with one attached hydrogen (secondary N) is 1. The van der Waals surface area contributed by atoms with E-state index in [9.17, 15) is 13.2 Å². The molecule has 5 heterocycles. The highest BCUT2D eigenvalue weighted by atomic mass is 32.1. The van der Waals surface area contributed by atoms with E-state index >= 15 is 0 Å². The zero-order chi connectivity index (χ0) is 27.9. The van der Waals surface area contributed by atoms with E-state index in [-0.39, 0.29) is 19.5 Å². The second-order valence-corrected chi connectivity index (χ2v) is 11.4. The first-order chi connectivity index (χ1) is 19.3. The fraction of sp³-hybridized carbons (Fsp3) is 0.481.